The standard InChI is InChI=1S/C20H27N3O4S/c1-14-10-11-18(27-5)17(12-14)15(2)22-20(24)21-13-16-8-6-7-9-19(16)28(25,26)23(3)4/h6-12,15H,13H2,1-5H3,(H2,21,22,24)/t15-/m1/s1. The highest BCUT2D eigenvalue weighted by Gasteiger charge is 2.21. The van der Waals surface area contributed by atoms with Crippen LogP contribution in [-0.2, 0) is 16.6 Å². The summed E-state index contributed by atoms with van der Waals surface area (Å²) in [6, 6.07) is 11.7. The Labute approximate surface area is 166 Å². The van der Waals surface area contributed by atoms with Gasteiger partial charge >= 0.3 is 6.03 Å². The molecule has 0 aliphatic carbocycles. The number of hydrogen-bond donors (Lipinski definition) is 2. The van der Waals surface area contributed by atoms with E-state index in [1.807, 2.05) is 32.0 Å². The molecule has 8 heteroatoms. The quantitative estimate of drug-likeness (QED) is 0.741. The first-order chi connectivity index (χ1) is 13.2. The number of aryl methyl sites for hydroxylation is 1. The summed E-state index contributed by atoms with van der Waals surface area (Å²) in [5.41, 5.74) is 2.45. The zero-order chi connectivity index (χ0) is 20.9. The molecule has 7 nitrogen and oxygen atoms in total. The van der Waals surface area contributed by atoms with E-state index >= 15 is 0 Å². The first-order valence-electron chi connectivity index (χ1n) is 8.86. The number of carbonyl (C=O) groups excluding carboxylic acids is 1. The van der Waals surface area contributed by atoms with Gasteiger partial charge in [0, 0.05) is 26.2 Å². The topological polar surface area (TPSA) is 87.7 Å². The molecule has 2 aromatic carbocycles. The number of ether oxygens (including phenoxy) is 1. The minimum atomic E-state index is -3.59. The number of nitrogens with zero attached hydrogens (tertiary/aromatic N) is 1. The van der Waals surface area contributed by atoms with Gasteiger partial charge in [-0.25, -0.2) is 17.5 Å². The highest BCUT2D eigenvalue weighted by atomic mass is 32.2. The van der Waals surface area contributed by atoms with Crippen LogP contribution in [0, 0.1) is 6.92 Å². The minimum absolute atomic E-state index is 0.0900. The largest absolute Gasteiger partial charge is 0.496 e. The molecule has 0 saturated carbocycles. The molecule has 152 valence electrons. The van der Waals surface area contributed by atoms with E-state index in [0.717, 1.165) is 15.4 Å². The normalized spacial score (nSPS) is 12.5. The summed E-state index contributed by atoms with van der Waals surface area (Å²) in [4.78, 5) is 12.5. The summed E-state index contributed by atoms with van der Waals surface area (Å²) in [7, 11) is 0.947. The monoisotopic (exact) mass is 405 g/mol. The van der Waals surface area contributed by atoms with Crippen LogP contribution >= 0.6 is 0 Å². The molecule has 0 aliphatic heterocycles. The predicted octanol–water partition coefficient (Wildman–Crippen LogP) is 2.81. The number of methoxy groups -OCH3 is 1. The van der Waals surface area contributed by atoms with E-state index in [4.69, 9.17) is 4.74 Å². The summed E-state index contributed by atoms with van der Waals surface area (Å²) in [5.74, 6) is 0.695. The van der Waals surface area contributed by atoms with Crippen LogP contribution in [0.3, 0.4) is 0 Å². The van der Waals surface area contributed by atoms with Crippen molar-refractivity contribution >= 4 is 16.1 Å². The molecule has 0 unspecified atom stereocenters. The molecule has 0 bridgehead atoms. The number of benzene rings is 2. The van der Waals surface area contributed by atoms with E-state index < -0.39 is 16.1 Å². The lowest BCUT2D eigenvalue weighted by Gasteiger charge is -2.19. The van der Waals surface area contributed by atoms with E-state index in [2.05, 4.69) is 10.6 Å². The van der Waals surface area contributed by atoms with Gasteiger partial charge < -0.3 is 15.4 Å². The highest BCUT2D eigenvalue weighted by molar-refractivity contribution is 7.89. The second-order valence-electron chi connectivity index (χ2n) is 6.69. The second kappa shape index (κ2) is 9.07. The Hall–Kier alpha value is -2.58. The van der Waals surface area contributed by atoms with Crippen molar-refractivity contribution in [3.05, 3.63) is 59.2 Å². The third kappa shape index (κ3) is 5.02. The zero-order valence-corrected chi connectivity index (χ0v) is 17.6. The number of sulfonamides is 1. The number of nitrogens with one attached hydrogen (secondary N) is 2. The Balaban J connectivity index is 2.09. The summed E-state index contributed by atoms with van der Waals surface area (Å²) >= 11 is 0. The summed E-state index contributed by atoms with van der Waals surface area (Å²) < 4.78 is 31.4. The summed E-state index contributed by atoms with van der Waals surface area (Å²) in [6.45, 7) is 3.92. The molecule has 0 spiro atoms. The SMILES string of the molecule is COc1ccc(C)cc1[C@@H](C)NC(=O)NCc1ccccc1S(=O)(=O)N(C)C. The van der Waals surface area contributed by atoms with Gasteiger partial charge in [0.1, 0.15) is 5.75 Å². The number of amides is 2. The number of rotatable bonds is 7. The van der Waals surface area contributed by atoms with Gasteiger partial charge in [-0.2, -0.15) is 0 Å². The molecule has 0 saturated heterocycles. The van der Waals surface area contributed by atoms with Crippen LogP contribution in [0.25, 0.3) is 0 Å². The maximum atomic E-state index is 12.4. The lowest BCUT2D eigenvalue weighted by atomic mass is 10.0. The van der Waals surface area contributed by atoms with Crippen LogP contribution in [0.4, 0.5) is 4.79 Å². The molecule has 0 aliphatic rings. The van der Waals surface area contributed by atoms with Crippen molar-refractivity contribution in [1.29, 1.82) is 0 Å². The zero-order valence-electron chi connectivity index (χ0n) is 16.8. The van der Waals surface area contributed by atoms with Crippen LogP contribution in [0.1, 0.15) is 29.7 Å². The minimum Gasteiger partial charge on any atom is -0.496 e. The second-order valence-corrected chi connectivity index (χ2v) is 8.81. The van der Waals surface area contributed by atoms with Gasteiger partial charge in [-0.3, -0.25) is 0 Å². The molecule has 1 atom stereocenters. The molecule has 2 aromatic rings. The fourth-order valence-corrected chi connectivity index (χ4v) is 3.91. The molecule has 0 heterocycles. The lowest BCUT2D eigenvalue weighted by Crippen LogP contribution is -2.37. The van der Waals surface area contributed by atoms with Crippen molar-refractivity contribution in [2.75, 3.05) is 21.2 Å². The van der Waals surface area contributed by atoms with E-state index in [1.165, 1.54) is 20.2 Å². The van der Waals surface area contributed by atoms with Crippen molar-refractivity contribution in [3.63, 3.8) is 0 Å². The smallest absolute Gasteiger partial charge is 0.315 e. The summed E-state index contributed by atoms with van der Waals surface area (Å²) in [6.07, 6.45) is 0. The van der Waals surface area contributed by atoms with Crippen molar-refractivity contribution in [2.45, 2.75) is 31.3 Å². The van der Waals surface area contributed by atoms with Crippen molar-refractivity contribution in [3.8, 4) is 5.75 Å². The summed E-state index contributed by atoms with van der Waals surface area (Å²) in [5, 5.41) is 5.59. The Morgan fingerprint density at radius 2 is 1.86 bits per heavy atom. The van der Waals surface area contributed by atoms with E-state index in [0.29, 0.717) is 11.3 Å². The van der Waals surface area contributed by atoms with Crippen LogP contribution in [0.15, 0.2) is 47.4 Å². The van der Waals surface area contributed by atoms with Crippen LogP contribution < -0.4 is 15.4 Å². The first-order valence-corrected chi connectivity index (χ1v) is 10.3. The third-order valence-electron chi connectivity index (χ3n) is 4.37. The van der Waals surface area contributed by atoms with Crippen LogP contribution in [0.2, 0.25) is 0 Å². The molecule has 28 heavy (non-hydrogen) atoms. The molecule has 2 amide bonds. The molecule has 0 fully saturated rings. The molecule has 0 radical (unpaired) electrons. The van der Waals surface area contributed by atoms with Gasteiger partial charge in [0.05, 0.1) is 18.0 Å². The van der Waals surface area contributed by atoms with E-state index in [1.54, 1.807) is 25.3 Å². The van der Waals surface area contributed by atoms with Gasteiger partial charge in [0.15, 0.2) is 0 Å². The third-order valence-corrected chi connectivity index (χ3v) is 6.29. The first kappa shape index (κ1) is 21.7. The van der Waals surface area contributed by atoms with Gasteiger partial charge in [-0.05, 0) is 31.5 Å². The van der Waals surface area contributed by atoms with Gasteiger partial charge in [-0.15, -0.1) is 0 Å². The van der Waals surface area contributed by atoms with Crippen LogP contribution in [0.5, 0.6) is 5.75 Å². The average Bonchev–Trinajstić information content (AvgIpc) is 2.66. The average molecular weight is 406 g/mol. The lowest BCUT2D eigenvalue weighted by molar-refractivity contribution is 0.237. The van der Waals surface area contributed by atoms with Crippen molar-refractivity contribution in [1.82, 2.24) is 14.9 Å². The Morgan fingerprint density at radius 1 is 1.18 bits per heavy atom. The Bertz CT molecular complexity index is 942. The Kier molecular flexibility index (Phi) is 7.04. The maximum Gasteiger partial charge on any atom is 0.315 e. The number of urea groups is 1. The van der Waals surface area contributed by atoms with E-state index in [-0.39, 0.29) is 17.5 Å². The van der Waals surface area contributed by atoms with Crippen LogP contribution in [-0.4, -0.2) is 40.0 Å². The maximum absolute atomic E-state index is 12.4. The van der Waals surface area contributed by atoms with Gasteiger partial charge in [0.25, 0.3) is 0 Å². The van der Waals surface area contributed by atoms with Crippen molar-refractivity contribution < 1.29 is 17.9 Å². The fourth-order valence-electron chi connectivity index (χ4n) is 2.79. The molecule has 2 N–H and O–H groups in total. The van der Waals surface area contributed by atoms with Gasteiger partial charge in [0.2, 0.25) is 10.0 Å². The molecular weight excluding hydrogens is 378 g/mol. The molecule has 0 aromatic heterocycles. The Morgan fingerprint density at radius 3 is 2.50 bits per heavy atom. The molecule has 2 rings (SSSR count). The predicted molar refractivity (Wildman–Crippen MR) is 109 cm³/mol. The van der Waals surface area contributed by atoms with Gasteiger partial charge in [-0.1, -0.05) is 35.9 Å². The highest BCUT2D eigenvalue weighted by Crippen LogP contribution is 2.26. The number of carbonyl (C=O) groups is 1. The number of hydrogen-bond acceptors (Lipinski definition) is 4. The fraction of sp³-hybridized carbons (Fsp3) is 0.350. The van der Waals surface area contributed by atoms with Crippen molar-refractivity contribution in [2.24, 2.45) is 0 Å². The molecular formula is C20H27N3O4S. The van der Waals surface area contributed by atoms with E-state index in [9.17, 15) is 13.2 Å².